The first-order chi connectivity index (χ1) is 11.4. The number of ether oxygens (including phenoxy) is 2. The van der Waals surface area contributed by atoms with Gasteiger partial charge in [-0.15, -0.1) is 0 Å². The minimum Gasteiger partial charge on any atom is -0.493 e. The van der Waals surface area contributed by atoms with Gasteiger partial charge in [-0.3, -0.25) is 4.79 Å². The van der Waals surface area contributed by atoms with Crippen LogP contribution in [0, 0.1) is 13.8 Å². The van der Waals surface area contributed by atoms with Crippen molar-refractivity contribution >= 4 is 5.91 Å². The van der Waals surface area contributed by atoms with Crippen LogP contribution in [-0.2, 0) is 11.2 Å². The number of nitrogens with one attached hydrogen (secondary N) is 1. The largest absolute Gasteiger partial charge is 0.493 e. The summed E-state index contributed by atoms with van der Waals surface area (Å²) in [6.45, 7) is 6.13. The summed E-state index contributed by atoms with van der Waals surface area (Å²) in [7, 11) is 3.18. The van der Waals surface area contributed by atoms with Crippen molar-refractivity contribution in [3.63, 3.8) is 0 Å². The van der Waals surface area contributed by atoms with Crippen molar-refractivity contribution < 1.29 is 14.3 Å². The summed E-state index contributed by atoms with van der Waals surface area (Å²) in [6, 6.07) is 11.8. The van der Waals surface area contributed by atoms with E-state index < -0.39 is 0 Å². The number of hydrogen-bond donors (Lipinski definition) is 1. The van der Waals surface area contributed by atoms with E-state index in [-0.39, 0.29) is 11.9 Å². The molecule has 0 aliphatic rings. The molecule has 4 heteroatoms. The molecule has 0 heterocycles. The van der Waals surface area contributed by atoms with E-state index in [4.69, 9.17) is 9.47 Å². The summed E-state index contributed by atoms with van der Waals surface area (Å²) in [5.74, 6) is 1.27. The predicted molar refractivity (Wildman–Crippen MR) is 95.7 cm³/mol. The maximum atomic E-state index is 12.4. The topological polar surface area (TPSA) is 47.6 Å². The molecule has 1 unspecified atom stereocenters. The van der Waals surface area contributed by atoms with E-state index in [9.17, 15) is 4.79 Å². The van der Waals surface area contributed by atoms with Crippen LogP contribution in [0.3, 0.4) is 0 Å². The van der Waals surface area contributed by atoms with Crippen molar-refractivity contribution in [2.24, 2.45) is 0 Å². The monoisotopic (exact) mass is 327 g/mol. The third-order valence-corrected chi connectivity index (χ3v) is 4.09. The van der Waals surface area contributed by atoms with E-state index >= 15 is 0 Å². The molecule has 0 aromatic heterocycles. The maximum Gasteiger partial charge on any atom is 0.224 e. The highest BCUT2D eigenvalue weighted by molar-refractivity contribution is 5.79. The van der Waals surface area contributed by atoms with Gasteiger partial charge in [-0.05, 0) is 49.6 Å². The van der Waals surface area contributed by atoms with Crippen LogP contribution < -0.4 is 14.8 Å². The highest BCUT2D eigenvalue weighted by atomic mass is 16.5. The lowest BCUT2D eigenvalue weighted by Crippen LogP contribution is -2.28. The Morgan fingerprint density at radius 3 is 2.42 bits per heavy atom. The Hall–Kier alpha value is -2.49. The Balaban J connectivity index is 2.06. The number of amides is 1. The zero-order valence-electron chi connectivity index (χ0n) is 15.0. The second-order valence-electron chi connectivity index (χ2n) is 6.02. The molecule has 0 saturated carbocycles. The van der Waals surface area contributed by atoms with Crippen molar-refractivity contribution in [1.29, 1.82) is 0 Å². The van der Waals surface area contributed by atoms with Crippen molar-refractivity contribution in [1.82, 2.24) is 5.32 Å². The highest BCUT2D eigenvalue weighted by Crippen LogP contribution is 2.27. The summed E-state index contributed by atoms with van der Waals surface area (Å²) in [4.78, 5) is 12.4. The Kier molecular flexibility index (Phi) is 5.85. The number of rotatable bonds is 6. The van der Waals surface area contributed by atoms with Gasteiger partial charge in [-0.1, -0.05) is 29.8 Å². The van der Waals surface area contributed by atoms with Crippen LogP contribution in [0.2, 0.25) is 0 Å². The fourth-order valence-electron chi connectivity index (χ4n) is 2.77. The van der Waals surface area contributed by atoms with E-state index in [2.05, 4.69) is 37.4 Å². The average molecular weight is 327 g/mol. The van der Waals surface area contributed by atoms with E-state index in [0.717, 1.165) is 11.1 Å². The zero-order chi connectivity index (χ0) is 17.7. The molecular weight excluding hydrogens is 302 g/mol. The van der Waals surface area contributed by atoms with Crippen LogP contribution >= 0.6 is 0 Å². The number of hydrogen-bond acceptors (Lipinski definition) is 3. The van der Waals surface area contributed by atoms with Gasteiger partial charge in [0, 0.05) is 0 Å². The van der Waals surface area contributed by atoms with Gasteiger partial charge in [-0.25, -0.2) is 0 Å². The molecule has 2 aromatic carbocycles. The lowest BCUT2D eigenvalue weighted by molar-refractivity contribution is -0.121. The summed E-state index contributed by atoms with van der Waals surface area (Å²) in [6.07, 6.45) is 0.301. The molecule has 2 rings (SSSR count). The molecule has 0 radical (unpaired) electrons. The zero-order valence-corrected chi connectivity index (χ0v) is 15.0. The van der Waals surface area contributed by atoms with Crippen molar-refractivity contribution in [2.45, 2.75) is 33.2 Å². The Bertz CT molecular complexity index is 725. The first kappa shape index (κ1) is 17.9. The number of methoxy groups -OCH3 is 2. The van der Waals surface area contributed by atoms with Crippen LogP contribution in [0.5, 0.6) is 11.5 Å². The van der Waals surface area contributed by atoms with Gasteiger partial charge in [0.15, 0.2) is 11.5 Å². The van der Waals surface area contributed by atoms with E-state index in [0.29, 0.717) is 17.9 Å². The molecule has 0 bridgehead atoms. The molecule has 0 spiro atoms. The molecule has 4 nitrogen and oxygen atoms in total. The van der Waals surface area contributed by atoms with Gasteiger partial charge >= 0.3 is 0 Å². The molecule has 0 aliphatic heterocycles. The van der Waals surface area contributed by atoms with Gasteiger partial charge in [0.2, 0.25) is 5.91 Å². The Morgan fingerprint density at radius 1 is 1.04 bits per heavy atom. The van der Waals surface area contributed by atoms with Crippen molar-refractivity contribution in [3.05, 3.63) is 58.7 Å². The number of aryl methyl sites for hydroxylation is 2. The van der Waals surface area contributed by atoms with Gasteiger partial charge in [0.25, 0.3) is 0 Å². The lowest BCUT2D eigenvalue weighted by Gasteiger charge is -2.17. The summed E-state index contributed by atoms with van der Waals surface area (Å²) in [5.41, 5.74) is 4.41. The minimum atomic E-state index is -0.0301. The smallest absolute Gasteiger partial charge is 0.224 e. The lowest BCUT2D eigenvalue weighted by atomic mass is 9.99. The third kappa shape index (κ3) is 4.28. The number of carbonyl (C=O) groups excluding carboxylic acids is 1. The summed E-state index contributed by atoms with van der Waals surface area (Å²) in [5, 5.41) is 3.07. The molecule has 1 amide bonds. The SMILES string of the molecule is COc1ccc(CC(=O)NC(C)c2cc(C)ccc2C)cc1OC. The fraction of sp³-hybridized carbons (Fsp3) is 0.350. The van der Waals surface area contributed by atoms with Crippen LogP contribution in [0.25, 0.3) is 0 Å². The van der Waals surface area contributed by atoms with Crippen LogP contribution in [0.4, 0.5) is 0 Å². The third-order valence-electron chi connectivity index (χ3n) is 4.09. The Labute approximate surface area is 143 Å². The second-order valence-corrected chi connectivity index (χ2v) is 6.02. The van der Waals surface area contributed by atoms with Gasteiger partial charge in [0.05, 0.1) is 26.7 Å². The van der Waals surface area contributed by atoms with Crippen molar-refractivity contribution in [2.75, 3.05) is 14.2 Å². The fourth-order valence-corrected chi connectivity index (χ4v) is 2.77. The van der Waals surface area contributed by atoms with Crippen molar-refractivity contribution in [3.8, 4) is 11.5 Å². The number of carbonyl (C=O) groups is 1. The van der Waals surface area contributed by atoms with E-state index in [1.54, 1.807) is 14.2 Å². The van der Waals surface area contributed by atoms with Crippen LogP contribution in [0.15, 0.2) is 36.4 Å². The maximum absolute atomic E-state index is 12.4. The van der Waals surface area contributed by atoms with E-state index in [1.807, 2.05) is 25.1 Å². The van der Waals surface area contributed by atoms with Crippen LogP contribution in [-0.4, -0.2) is 20.1 Å². The molecule has 0 aliphatic carbocycles. The molecule has 0 saturated heterocycles. The number of benzene rings is 2. The summed E-state index contributed by atoms with van der Waals surface area (Å²) < 4.78 is 10.5. The first-order valence-electron chi connectivity index (χ1n) is 8.02. The molecule has 1 atom stereocenters. The summed E-state index contributed by atoms with van der Waals surface area (Å²) >= 11 is 0. The molecule has 128 valence electrons. The van der Waals surface area contributed by atoms with Gasteiger partial charge in [-0.2, -0.15) is 0 Å². The molecule has 2 aromatic rings. The highest BCUT2D eigenvalue weighted by Gasteiger charge is 2.13. The molecule has 1 N–H and O–H groups in total. The van der Waals surface area contributed by atoms with Gasteiger partial charge < -0.3 is 14.8 Å². The molecular formula is C20H25NO3. The van der Waals surface area contributed by atoms with Gasteiger partial charge in [0.1, 0.15) is 0 Å². The minimum absolute atomic E-state index is 0.0179. The Morgan fingerprint density at radius 2 is 1.75 bits per heavy atom. The predicted octanol–water partition coefficient (Wildman–Crippen LogP) is 3.74. The quantitative estimate of drug-likeness (QED) is 0.879. The molecule has 24 heavy (non-hydrogen) atoms. The normalized spacial score (nSPS) is 11.7. The van der Waals surface area contributed by atoms with Crippen LogP contribution in [0.1, 0.15) is 35.2 Å². The average Bonchev–Trinajstić information content (AvgIpc) is 2.56. The van der Waals surface area contributed by atoms with E-state index in [1.165, 1.54) is 11.1 Å². The molecule has 0 fully saturated rings. The standard InChI is InChI=1S/C20H25NO3/c1-13-6-7-14(2)17(10-13)15(3)21-20(22)12-16-8-9-18(23-4)19(11-16)24-5/h6-11,15H,12H2,1-5H3,(H,21,22). The first-order valence-corrected chi connectivity index (χ1v) is 8.02. The second kappa shape index (κ2) is 7.86.